The zero-order chi connectivity index (χ0) is 20.1. The second kappa shape index (κ2) is 8.87. The Balaban J connectivity index is 1.32. The molecule has 7 heteroatoms. The Labute approximate surface area is 168 Å². The highest BCUT2D eigenvalue weighted by atomic mass is 19.1. The molecule has 0 bridgehead atoms. The van der Waals surface area contributed by atoms with Crippen LogP contribution in [0.25, 0.3) is 0 Å². The van der Waals surface area contributed by atoms with E-state index in [0.29, 0.717) is 25.5 Å². The Morgan fingerprint density at radius 1 is 1.14 bits per heavy atom. The number of nitrogens with one attached hydrogen (secondary N) is 2. The molecule has 4 rings (SSSR count). The van der Waals surface area contributed by atoms with Crippen molar-refractivity contribution in [2.24, 2.45) is 5.92 Å². The van der Waals surface area contributed by atoms with Gasteiger partial charge in [-0.15, -0.1) is 0 Å². The van der Waals surface area contributed by atoms with Crippen LogP contribution in [-0.4, -0.2) is 29.0 Å². The third-order valence-corrected chi connectivity index (χ3v) is 5.07. The number of hydrogen-bond donors (Lipinski definition) is 2. The fourth-order valence-corrected chi connectivity index (χ4v) is 3.57. The van der Waals surface area contributed by atoms with Gasteiger partial charge in [-0.25, -0.2) is 13.9 Å². The van der Waals surface area contributed by atoms with E-state index in [1.807, 2.05) is 18.2 Å². The van der Waals surface area contributed by atoms with Gasteiger partial charge in [0.25, 0.3) is 0 Å². The number of anilines is 1. The van der Waals surface area contributed by atoms with E-state index in [2.05, 4.69) is 27.9 Å². The molecule has 1 aromatic heterocycles. The summed E-state index contributed by atoms with van der Waals surface area (Å²) in [6.07, 6.45) is 2.53. The second-order valence-corrected chi connectivity index (χ2v) is 7.09. The van der Waals surface area contributed by atoms with Gasteiger partial charge in [0.05, 0.1) is 18.8 Å². The lowest BCUT2D eigenvalue weighted by Crippen LogP contribution is -2.34. The summed E-state index contributed by atoms with van der Waals surface area (Å²) in [5.74, 6) is 0.526. The number of ether oxygens (including phenoxy) is 1. The standard InChI is InChI=1S/C22H23FN4O2/c23-19-8-6-16(7-9-19)15-27-20(10-12-25-27)26-22(28)24-14-18-11-13-29-21(18)17-4-2-1-3-5-17/h1-10,12,18,21H,11,13-15H2,(H2,24,26,28)/t18-,21-/m0/s1. The minimum atomic E-state index is -0.287. The minimum Gasteiger partial charge on any atom is -0.373 e. The van der Waals surface area contributed by atoms with Crippen molar-refractivity contribution in [1.29, 1.82) is 0 Å². The molecule has 1 saturated heterocycles. The van der Waals surface area contributed by atoms with Crippen molar-refractivity contribution < 1.29 is 13.9 Å². The van der Waals surface area contributed by atoms with Gasteiger partial charge in [0, 0.05) is 25.1 Å². The Morgan fingerprint density at radius 3 is 2.72 bits per heavy atom. The number of benzene rings is 2. The smallest absolute Gasteiger partial charge is 0.320 e. The third-order valence-electron chi connectivity index (χ3n) is 5.07. The number of nitrogens with zero attached hydrogens (tertiary/aromatic N) is 2. The van der Waals surface area contributed by atoms with Crippen molar-refractivity contribution >= 4 is 11.8 Å². The molecule has 1 fully saturated rings. The van der Waals surface area contributed by atoms with E-state index < -0.39 is 0 Å². The van der Waals surface area contributed by atoms with E-state index in [9.17, 15) is 9.18 Å². The van der Waals surface area contributed by atoms with Crippen LogP contribution < -0.4 is 10.6 Å². The van der Waals surface area contributed by atoms with E-state index >= 15 is 0 Å². The van der Waals surface area contributed by atoms with Crippen LogP contribution in [0.1, 0.15) is 23.7 Å². The average molecular weight is 394 g/mol. The highest BCUT2D eigenvalue weighted by Crippen LogP contribution is 2.33. The first-order valence-corrected chi connectivity index (χ1v) is 9.67. The molecular formula is C22H23FN4O2. The number of urea groups is 1. The van der Waals surface area contributed by atoms with Crippen molar-refractivity contribution in [2.45, 2.75) is 19.1 Å². The summed E-state index contributed by atoms with van der Waals surface area (Å²) in [4.78, 5) is 12.4. The van der Waals surface area contributed by atoms with Crippen LogP contribution in [0.4, 0.5) is 15.0 Å². The summed E-state index contributed by atoms with van der Waals surface area (Å²) in [5, 5.41) is 10.0. The van der Waals surface area contributed by atoms with Crippen molar-refractivity contribution in [1.82, 2.24) is 15.1 Å². The second-order valence-electron chi connectivity index (χ2n) is 7.09. The van der Waals surface area contributed by atoms with Crippen LogP contribution >= 0.6 is 0 Å². The molecule has 2 heterocycles. The summed E-state index contributed by atoms with van der Waals surface area (Å²) in [5.41, 5.74) is 2.03. The fourth-order valence-electron chi connectivity index (χ4n) is 3.57. The van der Waals surface area contributed by atoms with Crippen LogP contribution in [0.5, 0.6) is 0 Å². The molecule has 1 aliphatic rings. The lowest BCUT2D eigenvalue weighted by Gasteiger charge is -2.19. The summed E-state index contributed by atoms with van der Waals surface area (Å²) in [6, 6.07) is 17.7. The van der Waals surface area contributed by atoms with Gasteiger partial charge >= 0.3 is 6.03 Å². The Hall–Kier alpha value is -3.19. The molecule has 6 nitrogen and oxygen atoms in total. The predicted octanol–water partition coefficient (Wildman–Crippen LogP) is 3.97. The molecule has 0 spiro atoms. The molecule has 2 N–H and O–H groups in total. The summed E-state index contributed by atoms with van der Waals surface area (Å²) >= 11 is 0. The highest BCUT2D eigenvalue weighted by Gasteiger charge is 2.29. The Morgan fingerprint density at radius 2 is 1.93 bits per heavy atom. The third kappa shape index (κ3) is 4.81. The molecule has 0 radical (unpaired) electrons. The average Bonchev–Trinajstić information content (AvgIpc) is 3.38. The van der Waals surface area contributed by atoms with Gasteiger partial charge in [0.1, 0.15) is 11.6 Å². The van der Waals surface area contributed by atoms with Crippen LogP contribution in [0.2, 0.25) is 0 Å². The monoisotopic (exact) mass is 394 g/mol. The van der Waals surface area contributed by atoms with E-state index in [1.54, 1.807) is 29.1 Å². The molecule has 3 aromatic rings. The molecule has 0 aliphatic carbocycles. The van der Waals surface area contributed by atoms with Crippen molar-refractivity contribution in [3.05, 3.63) is 83.8 Å². The number of aromatic nitrogens is 2. The number of amides is 2. The highest BCUT2D eigenvalue weighted by molar-refractivity contribution is 5.88. The number of carbonyl (C=O) groups excluding carboxylic acids is 1. The molecule has 2 atom stereocenters. The van der Waals surface area contributed by atoms with Crippen molar-refractivity contribution in [3.8, 4) is 0 Å². The van der Waals surface area contributed by atoms with Gasteiger partial charge in [0.2, 0.25) is 0 Å². The number of halogens is 1. The molecule has 29 heavy (non-hydrogen) atoms. The normalized spacial score (nSPS) is 18.5. The topological polar surface area (TPSA) is 68.2 Å². The molecule has 2 aromatic carbocycles. The summed E-state index contributed by atoms with van der Waals surface area (Å²) in [7, 11) is 0. The van der Waals surface area contributed by atoms with Gasteiger partial charge in [-0.1, -0.05) is 42.5 Å². The Bertz CT molecular complexity index is 943. The minimum absolute atomic E-state index is 0.000467. The van der Waals surface area contributed by atoms with Crippen LogP contribution in [0, 0.1) is 11.7 Å². The maximum atomic E-state index is 13.1. The van der Waals surface area contributed by atoms with Crippen LogP contribution in [0.15, 0.2) is 66.9 Å². The SMILES string of the molecule is O=C(NC[C@@H]1CCO[C@H]1c1ccccc1)Nc1ccnn1Cc1ccc(F)cc1. The lowest BCUT2D eigenvalue weighted by atomic mass is 9.95. The fraction of sp³-hybridized carbons (Fsp3) is 0.273. The number of carbonyl (C=O) groups is 1. The zero-order valence-electron chi connectivity index (χ0n) is 15.9. The summed E-state index contributed by atoms with van der Waals surface area (Å²) < 4.78 is 20.6. The first kappa shape index (κ1) is 19.1. The maximum Gasteiger partial charge on any atom is 0.320 e. The van der Waals surface area contributed by atoms with Gasteiger partial charge in [0.15, 0.2) is 0 Å². The largest absolute Gasteiger partial charge is 0.373 e. The lowest BCUT2D eigenvalue weighted by molar-refractivity contribution is 0.0911. The number of rotatable bonds is 6. The van der Waals surface area contributed by atoms with Crippen LogP contribution in [-0.2, 0) is 11.3 Å². The molecule has 2 amide bonds. The van der Waals surface area contributed by atoms with E-state index in [0.717, 1.165) is 17.5 Å². The van der Waals surface area contributed by atoms with Crippen LogP contribution in [0.3, 0.4) is 0 Å². The molecule has 0 saturated carbocycles. The Kier molecular flexibility index (Phi) is 5.86. The predicted molar refractivity (Wildman–Crippen MR) is 108 cm³/mol. The molecule has 150 valence electrons. The van der Waals surface area contributed by atoms with E-state index in [4.69, 9.17) is 4.74 Å². The van der Waals surface area contributed by atoms with Crippen molar-refractivity contribution in [2.75, 3.05) is 18.5 Å². The number of hydrogen-bond acceptors (Lipinski definition) is 3. The quantitative estimate of drug-likeness (QED) is 0.665. The van der Waals surface area contributed by atoms with E-state index in [1.165, 1.54) is 12.1 Å². The van der Waals surface area contributed by atoms with Gasteiger partial charge in [-0.05, 0) is 29.7 Å². The van der Waals surface area contributed by atoms with Gasteiger partial charge in [-0.2, -0.15) is 5.10 Å². The molecule has 1 aliphatic heterocycles. The molecule has 0 unspecified atom stereocenters. The first-order valence-electron chi connectivity index (χ1n) is 9.67. The zero-order valence-corrected chi connectivity index (χ0v) is 15.9. The maximum absolute atomic E-state index is 13.1. The van der Waals surface area contributed by atoms with Gasteiger partial charge in [-0.3, -0.25) is 5.32 Å². The van der Waals surface area contributed by atoms with Crippen molar-refractivity contribution in [3.63, 3.8) is 0 Å². The summed E-state index contributed by atoms with van der Waals surface area (Å²) in [6.45, 7) is 1.66. The van der Waals surface area contributed by atoms with Gasteiger partial charge < -0.3 is 10.1 Å². The van der Waals surface area contributed by atoms with E-state index in [-0.39, 0.29) is 23.9 Å². The first-order chi connectivity index (χ1) is 14.2. The molecular weight excluding hydrogens is 371 g/mol.